The molecule has 2 aliphatic heterocycles. The molecule has 2 heterocycles. The van der Waals surface area contributed by atoms with Crippen molar-refractivity contribution in [3.63, 3.8) is 0 Å². The standard InChI is InChI=1S/C16H30N4O5S/c1-17-16(18-5-11-24-12-13-26(2,22)23)20-8-6-19(7-9-20)15(21)14-4-3-10-25-14/h14H,3-13H2,1-2H3,(H,17,18). The molecule has 1 atom stereocenters. The van der Waals surface area contributed by atoms with E-state index in [2.05, 4.69) is 15.2 Å². The fraction of sp³-hybridized carbons (Fsp3) is 0.875. The summed E-state index contributed by atoms with van der Waals surface area (Å²) < 4.78 is 32.8. The first kappa shape index (κ1) is 20.9. The minimum Gasteiger partial charge on any atom is -0.379 e. The van der Waals surface area contributed by atoms with Gasteiger partial charge in [-0.3, -0.25) is 9.79 Å². The predicted octanol–water partition coefficient (Wildman–Crippen LogP) is -1.05. The molecule has 0 spiro atoms. The summed E-state index contributed by atoms with van der Waals surface area (Å²) in [4.78, 5) is 20.6. The number of hydrogen-bond donors (Lipinski definition) is 1. The molecule has 150 valence electrons. The first-order valence-electron chi connectivity index (χ1n) is 9.02. The molecule has 0 bridgehead atoms. The average Bonchev–Trinajstić information content (AvgIpc) is 3.14. The Labute approximate surface area is 155 Å². The molecular weight excluding hydrogens is 360 g/mol. The van der Waals surface area contributed by atoms with E-state index in [-0.39, 0.29) is 24.4 Å². The van der Waals surface area contributed by atoms with Crippen LogP contribution in [-0.2, 0) is 24.1 Å². The van der Waals surface area contributed by atoms with Gasteiger partial charge in [0, 0.05) is 52.6 Å². The third-order valence-corrected chi connectivity index (χ3v) is 5.34. The van der Waals surface area contributed by atoms with E-state index in [0.717, 1.165) is 18.8 Å². The highest BCUT2D eigenvalue weighted by molar-refractivity contribution is 7.90. The van der Waals surface area contributed by atoms with Gasteiger partial charge in [0.1, 0.15) is 15.9 Å². The number of nitrogens with zero attached hydrogens (tertiary/aromatic N) is 3. The molecule has 1 unspecified atom stereocenters. The summed E-state index contributed by atoms with van der Waals surface area (Å²) in [6.45, 7) is 4.58. The molecule has 2 aliphatic rings. The number of sulfone groups is 1. The molecule has 9 nitrogen and oxygen atoms in total. The van der Waals surface area contributed by atoms with Crippen molar-refractivity contribution in [2.45, 2.75) is 18.9 Å². The molecule has 0 radical (unpaired) electrons. The van der Waals surface area contributed by atoms with Gasteiger partial charge < -0.3 is 24.6 Å². The van der Waals surface area contributed by atoms with E-state index < -0.39 is 9.84 Å². The Morgan fingerprint density at radius 2 is 1.92 bits per heavy atom. The van der Waals surface area contributed by atoms with Gasteiger partial charge in [-0.05, 0) is 12.8 Å². The van der Waals surface area contributed by atoms with Gasteiger partial charge in [0.2, 0.25) is 0 Å². The lowest BCUT2D eigenvalue weighted by Gasteiger charge is -2.37. The molecule has 2 fully saturated rings. The minimum absolute atomic E-state index is 0.0302. The second-order valence-corrected chi connectivity index (χ2v) is 8.79. The summed E-state index contributed by atoms with van der Waals surface area (Å²) in [5, 5.41) is 3.21. The Morgan fingerprint density at radius 3 is 2.50 bits per heavy atom. The van der Waals surface area contributed by atoms with Crippen molar-refractivity contribution in [2.75, 3.05) is 71.6 Å². The molecule has 2 saturated heterocycles. The monoisotopic (exact) mass is 390 g/mol. The lowest BCUT2D eigenvalue weighted by molar-refractivity contribution is -0.142. The molecule has 10 heteroatoms. The zero-order chi connectivity index (χ0) is 19.0. The molecular formula is C16H30N4O5S. The number of nitrogens with one attached hydrogen (secondary N) is 1. The van der Waals surface area contributed by atoms with Crippen molar-refractivity contribution in [3.05, 3.63) is 0 Å². The van der Waals surface area contributed by atoms with E-state index in [1.54, 1.807) is 7.05 Å². The fourth-order valence-corrected chi connectivity index (χ4v) is 3.41. The first-order valence-corrected chi connectivity index (χ1v) is 11.1. The van der Waals surface area contributed by atoms with Crippen LogP contribution in [-0.4, -0.2) is 108 Å². The lowest BCUT2D eigenvalue weighted by atomic mass is 10.2. The van der Waals surface area contributed by atoms with E-state index in [9.17, 15) is 13.2 Å². The Bertz CT molecular complexity index is 581. The van der Waals surface area contributed by atoms with E-state index in [0.29, 0.717) is 45.9 Å². The second-order valence-electron chi connectivity index (χ2n) is 6.53. The van der Waals surface area contributed by atoms with Crippen molar-refractivity contribution in [3.8, 4) is 0 Å². The lowest BCUT2D eigenvalue weighted by Crippen LogP contribution is -2.55. The van der Waals surface area contributed by atoms with Crippen LogP contribution in [0.4, 0.5) is 0 Å². The maximum absolute atomic E-state index is 12.4. The molecule has 1 amide bonds. The van der Waals surface area contributed by atoms with Crippen LogP contribution in [0.3, 0.4) is 0 Å². The number of ether oxygens (including phenoxy) is 2. The van der Waals surface area contributed by atoms with E-state index in [4.69, 9.17) is 9.47 Å². The van der Waals surface area contributed by atoms with E-state index >= 15 is 0 Å². The van der Waals surface area contributed by atoms with Crippen LogP contribution in [0.2, 0.25) is 0 Å². The molecule has 2 rings (SSSR count). The van der Waals surface area contributed by atoms with Crippen LogP contribution in [0, 0.1) is 0 Å². The number of aliphatic imine (C=N–C) groups is 1. The normalized spacial score (nSPS) is 21.9. The molecule has 0 aliphatic carbocycles. The Balaban J connectivity index is 1.65. The number of amides is 1. The molecule has 1 N–H and O–H groups in total. The molecule has 0 saturated carbocycles. The fourth-order valence-electron chi connectivity index (χ4n) is 2.99. The summed E-state index contributed by atoms with van der Waals surface area (Å²) in [6.07, 6.45) is 2.71. The van der Waals surface area contributed by atoms with E-state index in [1.165, 1.54) is 6.26 Å². The quantitative estimate of drug-likeness (QED) is 0.336. The zero-order valence-electron chi connectivity index (χ0n) is 15.6. The highest BCUT2D eigenvalue weighted by Crippen LogP contribution is 2.16. The number of rotatable bonds is 7. The molecule has 0 aromatic heterocycles. The van der Waals surface area contributed by atoms with Crippen molar-refractivity contribution < 1.29 is 22.7 Å². The molecule has 26 heavy (non-hydrogen) atoms. The van der Waals surface area contributed by atoms with Gasteiger partial charge in [-0.25, -0.2) is 8.42 Å². The predicted molar refractivity (Wildman–Crippen MR) is 99.0 cm³/mol. The third kappa shape index (κ3) is 6.73. The largest absolute Gasteiger partial charge is 0.379 e. The summed E-state index contributed by atoms with van der Waals surface area (Å²) in [6, 6.07) is 0. The van der Waals surface area contributed by atoms with Gasteiger partial charge in [-0.2, -0.15) is 0 Å². The average molecular weight is 391 g/mol. The van der Waals surface area contributed by atoms with Gasteiger partial charge in [0.05, 0.1) is 19.0 Å². The Kier molecular flexibility index (Phi) is 8.11. The summed E-state index contributed by atoms with van der Waals surface area (Å²) >= 11 is 0. The number of carbonyl (C=O) groups excluding carboxylic acids is 1. The Hall–Kier alpha value is -1.39. The zero-order valence-corrected chi connectivity index (χ0v) is 16.5. The minimum atomic E-state index is -2.99. The molecule has 0 aromatic rings. The summed E-state index contributed by atoms with van der Waals surface area (Å²) in [5.41, 5.74) is 0. The number of carbonyl (C=O) groups is 1. The smallest absolute Gasteiger partial charge is 0.251 e. The highest BCUT2D eigenvalue weighted by atomic mass is 32.2. The highest BCUT2D eigenvalue weighted by Gasteiger charge is 2.30. The second kappa shape index (κ2) is 10.1. The number of piperazine rings is 1. The van der Waals surface area contributed by atoms with Crippen LogP contribution in [0.5, 0.6) is 0 Å². The van der Waals surface area contributed by atoms with Gasteiger partial charge in [-0.15, -0.1) is 0 Å². The SMILES string of the molecule is CN=C(NCCOCCS(C)(=O)=O)N1CCN(C(=O)C2CCCO2)CC1. The summed E-state index contributed by atoms with van der Waals surface area (Å²) in [5.74, 6) is 0.896. The first-order chi connectivity index (χ1) is 12.4. The number of guanidine groups is 1. The van der Waals surface area contributed by atoms with Gasteiger partial charge in [-0.1, -0.05) is 0 Å². The van der Waals surface area contributed by atoms with Crippen LogP contribution < -0.4 is 5.32 Å². The Morgan fingerprint density at radius 1 is 1.23 bits per heavy atom. The van der Waals surface area contributed by atoms with Gasteiger partial charge >= 0.3 is 0 Å². The van der Waals surface area contributed by atoms with Crippen molar-refractivity contribution in [1.29, 1.82) is 0 Å². The molecule has 0 aromatic carbocycles. The van der Waals surface area contributed by atoms with E-state index in [1.807, 2.05) is 4.90 Å². The van der Waals surface area contributed by atoms with Crippen LogP contribution in [0.15, 0.2) is 4.99 Å². The maximum atomic E-state index is 12.4. The van der Waals surface area contributed by atoms with Gasteiger partial charge in [0.25, 0.3) is 5.91 Å². The van der Waals surface area contributed by atoms with Crippen molar-refractivity contribution >= 4 is 21.7 Å². The van der Waals surface area contributed by atoms with Crippen LogP contribution in [0.1, 0.15) is 12.8 Å². The third-order valence-electron chi connectivity index (χ3n) is 4.44. The topological polar surface area (TPSA) is 101 Å². The van der Waals surface area contributed by atoms with Gasteiger partial charge in [0.15, 0.2) is 5.96 Å². The van der Waals surface area contributed by atoms with Crippen molar-refractivity contribution in [1.82, 2.24) is 15.1 Å². The number of hydrogen-bond acceptors (Lipinski definition) is 6. The van der Waals surface area contributed by atoms with Crippen molar-refractivity contribution in [2.24, 2.45) is 4.99 Å². The summed E-state index contributed by atoms with van der Waals surface area (Å²) in [7, 11) is -1.27. The van der Waals surface area contributed by atoms with Crippen LogP contribution in [0.25, 0.3) is 0 Å². The van der Waals surface area contributed by atoms with Crippen LogP contribution >= 0.6 is 0 Å². The maximum Gasteiger partial charge on any atom is 0.251 e.